The number of rotatable bonds is 2. The Labute approximate surface area is 146 Å². The molecule has 3 rings (SSSR count). The summed E-state index contributed by atoms with van der Waals surface area (Å²) >= 11 is 6.10. The van der Waals surface area contributed by atoms with Crippen molar-refractivity contribution < 1.29 is 9.59 Å². The number of fused-ring (bicyclic) bond motifs is 1. The zero-order chi connectivity index (χ0) is 17.6. The number of hydrogen-bond donors (Lipinski definition) is 2. The summed E-state index contributed by atoms with van der Waals surface area (Å²) in [6, 6.07) is 5.39. The van der Waals surface area contributed by atoms with Crippen molar-refractivity contribution in [2.24, 2.45) is 5.41 Å². The molecule has 0 atom stereocenters. The van der Waals surface area contributed by atoms with Crippen molar-refractivity contribution in [2.45, 2.75) is 40.5 Å². The molecule has 1 amide bonds. The van der Waals surface area contributed by atoms with Gasteiger partial charge in [0, 0.05) is 28.4 Å². The molecule has 5 heteroatoms. The SMILES string of the molecule is Cc1ccc(NC(=O)c2[nH]c3c(c2C)C(=O)CC(C)(C)C3)cc1Cl. The molecule has 0 bridgehead atoms. The summed E-state index contributed by atoms with van der Waals surface area (Å²) in [6.07, 6.45) is 1.27. The Morgan fingerprint density at radius 2 is 1.96 bits per heavy atom. The predicted molar refractivity (Wildman–Crippen MR) is 96.1 cm³/mol. The number of carbonyl (C=O) groups is 2. The van der Waals surface area contributed by atoms with Crippen molar-refractivity contribution in [3.63, 3.8) is 0 Å². The summed E-state index contributed by atoms with van der Waals surface area (Å²) < 4.78 is 0. The van der Waals surface area contributed by atoms with Gasteiger partial charge in [-0.25, -0.2) is 0 Å². The highest BCUT2D eigenvalue weighted by Crippen LogP contribution is 2.36. The molecule has 24 heavy (non-hydrogen) atoms. The monoisotopic (exact) mass is 344 g/mol. The third-order valence-electron chi connectivity index (χ3n) is 4.56. The van der Waals surface area contributed by atoms with Crippen molar-refractivity contribution in [1.82, 2.24) is 4.98 Å². The van der Waals surface area contributed by atoms with Gasteiger partial charge in [-0.05, 0) is 48.9 Å². The second kappa shape index (κ2) is 5.78. The fourth-order valence-corrected chi connectivity index (χ4v) is 3.50. The van der Waals surface area contributed by atoms with Crippen molar-refractivity contribution in [1.29, 1.82) is 0 Å². The van der Waals surface area contributed by atoms with E-state index in [0.717, 1.165) is 23.2 Å². The molecule has 4 nitrogen and oxygen atoms in total. The first kappa shape index (κ1) is 16.8. The molecule has 1 heterocycles. The summed E-state index contributed by atoms with van der Waals surface area (Å²) in [7, 11) is 0. The van der Waals surface area contributed by atoms with E-state index in [2.05, 4.69) is 24.1 Å². The average Bonchev–Trinajstić information content (AvgIpc) is 2.78. The first-order valence-corrected chi connectivity index (χ1v) is 8.38. The Kier molecular flexibility index (Phi) is 4.04. The molecular formula is C19H21ClN2O2. The van der Waals surface area contributed by atoms with Gasteiger partial charge in [0.05, 0.1) is 0 Å². The van der Waals surface area contributed by atoms with Crippen LogP contribution in [0.3, 0.4) is 0 Å². The lowest BCUT2D eigenvalue weighted by Gasteiger charge is -2.28. The number of Topliss-reactive ketones (excluding diaryl/α,β-unsaturated/α-hetero) is 1. The predicted octanol–water partition coefficient (Wildman–Crippen LogP) is 4.69. The summed E-state index contributed by atoms with van der Waals surface area (Å²) in [4.78, 5) is 28.2. The standard InChI is InChI=1S/C19H21ClN2O2/c1-10-5-6-12(7-13(10)20)21-18(24)17-11(2)16-14(22-17)8-19(3,4)9-15(16)23/h5-7,22H,8-9H2,1-4H3,(H,21,24). The molecule has 0 unspecified atom stereocenters. The maximum atomic E-state index is 12.6. The highest BCUT2D eigenvalue weighted by molar-refractivity contribution is 6.31. The lowest BCUT2D eigenvalue weighted by atomic mass is 9.75. The van der Waals surface area contributed by atoms with Gasteiger partial charge in [-0.1, -0.05) is 31.5 Å². The molecule has 0 spiro atoms. The Bertz CT molecular complexity index is 849. The number of H-pyrrole nitrogens is 1. The van der Waals surface area contributed by atoms with Crippen LogP contribution in [0.4, 0.5) is 5.69 Å². The van der Waals surface area contributed by atoms with E-state index in [9.17, 15) is 9.59 Å². The summed E-state index contributed by atoms with van der Waals surface area (Å²) in [5, 5.41) is 3.45. The van der Waals surface area contributed by atoms with Crippen LogP contribution >= 0.6 is 11.6 Å². The van der Waals surface area contributed by atoms with Crippen molar-refractivity contribution in [3.05, 3.63) is 51.3 Å². The number of ketones is 1. The van der Waals surface area contributed by atoms with Crippen LogP contribution in [0.1, 0.15) is 57.9 Å². The Morgan fingerprint density at radius 1 is 1.25 bits per heavy atom. The van der Waals surface area contributed by atoms with Gasteiger partial charge in [0.25, 0.3) is 5.91 Å². The number of aryl methyl sites for hydroxylation is 1. The number of anilines is 1. The number of carbonyl (C=O) groups excluding carboxylic acids is 2. The number of nitrogens with one attached hydrogen (secondary N) is 2. The van der Waals surface area contributed by atoms with Gasteiger partial charge >= 0.3 is 0 Å². The molecule has 1 aliphatic rings. The minimum atomic E-state index is -0.257. The molecule has 1 aromatic carbocycles. The van der Waals surface area contributed by atoms with Gasteiger partial charge in [-0.15, -0.1) is 0 Å². The lowest BCUT2D eigenvalue weighted by Crippen LogP contribution is -2.26. The Morgan fingerprint density at radius 3 is 2.62 bits per heavy atom. The van der Waals surface area contributed by atoms with Crippen LogP contribution in [0.2, 0.25) is 5.02 Å². The molecular weight excluding hydrogens is 324 g/mol. The largest absolute Gasteiger partial charge is 0.354 e. The fraction of sp³-hybridized carbons (Fsp3) is 0.368. The van der Waals surface area contributed by atoms with E-state index in [1.807, 2.05) is 26.0 Å². The number of amides is 1. The van der Waals surface area contributed by atoms with Crippen LogP contribution in [-0.2, 0) is 6.42 Å². The summed E-state index contributed by atoms with van der Waals surface area (Å²) in [5.74, 6) is -0.153. The summed E-state index contributed by atoms with van der Waals surface area (Å²) in [5.41, 5.74) is 4.22. The maximum absolute atomic E-state index is 12.6. The minimum Gasteiger partial charge on any atom is -0.354 e. The highest BCUT2D eigenvalue weighted by atomic mass is 35.5. The third-order valence-corrected chi connectivity index (χ3v) is 4.96. The van der Waals surface area contributed by atoms with Gasteiger partial charge in [0.15, 0.2) is 5.78 Å². The van der Waals surface area contributed by atoms with Gasteiger partial charge in [0.1, 0.15) is 5.69 Å². The number of benzene rings is 1. The fourth-order valence-electron chi connectivity index (χ4n) is 3.32. The molecule has 0 saturated heterocycles. The quantitative estimate of drug-likeness (QED) is 0.830. The van der Waals surface area contributed by atoms with Gasteiger partial charge in [-0.3, -0.25) is 9.59 Å². The van der Waals surface area contributed by atoms with E-state index in [1.54, 1.807) is 6.07 Å². The third kappa shape index (κ3) is 2.98. The van der Waals surface area contributed by atoms with Crippen LogP contribution in [0, 0.1) is 19.3 Å². The van der Waals surface area contributed by atoms with E-state index in [4.69, 9.17) is 11.6 Å². The minimum absolute atomic E-state index is 0.0837. The zero-order valence-corrected chi connectivity index (χ0v) is 15.1. The number of hydrogen-bond acceptors (Lipinski definition) is 2. The van der Waals surface area contributed by atoms with E-state index in [-0.39, 0.29) is 17.1 Å². The number of aromatic nitrogens is 1. The molecule has 2 aromatic rings. The second-order valence-corrected chi connectivity index (χ2v) is 7.74. The van der Waals surface area contributed by atoms with Gasteiger partial charge in [-0.2, -0.15) is 0 Å². The van der Waals surface area contributed by atoms with Crippen LogP contribution in [0.25, 0.3) is 0 Å². The highest BCUT2D eigenvalue weighted by Gasteiger charge is 2.35. The van der Waals surface area contributed by atoms with Crippen LogP contribution in [0.15, 0.2) is 18.2 Å². The first-order chi connectivity index (χ1) is 11.2. The molecule has 0 aliphatic heterocycles. The van der Waals surface area contributed by atoms with E-state index in [1.165, 1.54) is 0 Å². The van der Waals surface area contributed by atoms with Crippen LogP contribution in [0.5, 0.6) is 0 Å². The van der Waals surface area contributed by atoms with Gasteiger partial charge < -0.3 is 10.3 Å². The van der Waals surface area contributed by atoms with Crippen molar-refractivity contribution in [2.75, 3.05) is 5.32 Å². The summed E-state index contributed by atoms with van der Waals surface area (Å²) in [6.45, 7) is 7.86. The van der Waals surface area contributed by atoms with Crippen LogP contribution in [-0.4, -0.2) is 16.7 Å². The van der Waals surface area contributed by atoms with Crippen molar-refractivity contribution >= 4 is 29.0 Å². The Balaban J connectivity index is 1.91. The number of halogens is 1. The average molecular weight is 345 g/mol. The van der Waals surface area contributed by atoms with E-state index < -0.39 is 0 Å². The van der Waals surface area contributed by atoms with Gasteiger partial charge in [0.2, 0.25) is 0 Å². The van der Waals surface area contributed by atoms with E-state index in [0.29, 0.717) is 28.4 Å². The number of aromatic amines is 1. The van der Waals surface area contributed by atoms with E-state index >= 15 is 0 Å². The van der Waals surface area contributed by atoms with Crippen LogP contribution < -0.4 is 5.32 Å². The normalized spacial score (nSPS) is 16.0. The Hall–Kier alpha value is -2.07. The maximum Gasteiger partial charge on any atom is 0.272 e. The molecule has 2 N–H and O–H groups in total. The first-order valence-electron chi connectivity index (χ1n) is 8.00. The van der Waals surface area contributed by atoms with Crippen molar-refractivity contribution in [3.8, 4) is 0 Å². The molecule has 0 fully saturated rings. The topological polar surface area (TPSA) is 62.0 Å². The molecule has 1 aromatic heterocycles. The smallest absolute Gasteiger partial charge is 0.272 e. The second-order valence-electron chi connectivity index (χ2n) is 7.34. The molecule has 0 radical (unpaired) electrons. The zero-order valence-electron chi connectivity index (χ0n) is 14.3. The lowest BCUT2D eigenvalue weighted by molar-refractivity contribution is 0.0910. The molecule has 1 aliphatic carbocycles. The molecule has 0 saturated carbocycles. The molecule has 126 valence electrons.